The topological polar surface area (TPSA) is 89.2 Å². The zero-order valence-electron chi connectivity index (χ0n) is 12.7. The van der Waals surface area contributed by atoms with Crippen molar-refractivity contribution < 1.29 is 4.74 Å². The molecule has 7 nitrogen and oxygen atoms in total. The van der Waals surface area contributed by atoms with Crippen LogP contribution >= 0.6 is 0 Å². The molecule has 2 fully saturated rings. The van der Waals surface area contributed by atoms with Gasteiger partial charge in [0.05, 0.1) is 6.61 Å². The second-order valence-electron chi connectivity index (χ2n) is 5.95. The molecule has 2 unspecified atom stereocenters. The van der Waals surface area contributed by atoms with E-state index in [1.165, 1.54) is 19.3 Å². The molecule has 116 valence electrons. The van der Waals surface area contributed by atoms with Crippen molar-refractivity contribution >= 4 is 11.9 Å². The van der Waals surface area contributed by atoms with Gasteiger partial charge in [0.1, 0.15) is 0 Å². The molecule has 2 aliphatic heterocycles. The van der Waals surface area contributed by atoms with Gasteiger partial charge in [0.25, 0.3) is 0 Å². The number of aromatic nitrogens is 3. The van der Waals surface area contributed by atoms with Crippen molar-refractivity contribution in [1.29, 1.82) is 0 Å². The third-order valence-corrected chi connectivity index (χ3v) is 4.58. The maximum Gasteiger partial charge on any atom is 0.323 e. The molecular formula is C14H24N6O. The Labute approximate surface area is 125 Å². The molecular weight excluding hydrogens is 268 g/mol. The molecule has 21 heavy (non-hydrogen) atoms. The van der Waals surface area contributed by atoms with E-state index in [1.54, 1.807) is 0 Å². The summed E-state index contributed by atoms with van der Waals surface area (Å²) in [6, 6.07) is 2.02. The largest absolute Gasteiger partial charge is 0.464 e. The summed E-state index contributed by atoms with van der Waals surface area (Å²) in [4.78, 5) is 15.0. The Hall–Kier alpha value is -1.63. The van der Waals surface area contributed by atoms with Gasteiger partial charge in [-0.1, -0.05) is 6.42 Å². The number of rotatable bonds is 4. The van der Waals surface area contributed by atoms with Gasteiger partial charge in [-0.3, -0.25) is 0 Å². The summed E-state index contributed by atoms with van der Waals surface area (Å²) < 4.78 is 5.32. The fourth-order valence-electron chi connectivity index (χ4n) is 3.55. The van der Waals surface area contributed by atoms with Gasteiger partial charge < -0.3 is 20.7 Å². The number of nitrogen functional groups attached to an aromatic ring is 1. The second kappa shape index (κ2) is 6.01. The molecule has 0 radical (unpaired) electrons. The normalized spacial score (nSPS) is 29.1. The highest BCUT2D eigenvalue weighted by atomic mass is 16.5. The van der Waals surface area contributed by atoms with Crippen LogP contribution in [0.3, 0.4) is 0 Å². The lowest BCUT2D eigenvalue weighted by atomic mass is 9.82. The molecule has 0 aliphatic carbocycles. The highest BCUT2D eigenvalue weighted by molar-refractivity contribution is 5.34. The van der Waals surface area contributed by atoms with Gasteiger partial charge in [-0.05, 0) is 39.7 Å². The minimum Gasteiger partial charge on any atom is -0.464 e. The van der Waals surface area contributed by atoms with E-state index in [2.05, 4.69) is 32.2 Å². The number of piperidine rings is 2. The minimum atomic E-state index is 0.198. The molecule has 0 saturated carbocycles. The molecule has 7 heteroatoms. The van der Waals surface area contributed by atoms with Gasteiger partial charge in [0.15, 0.2) is 0 Å². The van der Waals surface area contributed by atoms with E-state index < -0.39 is 0 Å². The lowest BCUT2D eigenvalue weighted by Crippen LogP contribution is -2.52. The van der Waals surface area contributed by atoms with Crippen molar-refractivity contribution in [2.45, 2.75) is 57.2 Å². The molecule has 0 aromatic carbocycles. The molecule has 0 amide bonds. The smallest absolute Gasteiger partial charge is 0.323 e. The predicted molar refractivity (Wildman–Crippen MR) is 81.2 cm³/mol. The number of hydrogen-bond acceptors (Lipinski definition) is 7. The summed E-state index contributed by atoms with van der Waals surface area (Å²) in [5.41, 5.74) is 5.72. The van der Waals surface area contributed by atoms with Crippen LogP contribution in [0.1, 0.15) is 39.0 Å². The number of nitrogens with two attached hydrogens (primary N) is 1. The van der Waals surface area contributed by atoms with Crippen LogP contribution in [0.25, 0.3) is 0 Å². The van der Waals surface area contributed by atoms with Crippen LogP contribution in [0.2, 0.25) is 0 Å². The molecule has 3 rings (SSSR count). The molecule has 2 saturated heterocycles. The molecule has 2 atom stereocenters. The Kier molecular flexibility index (Phi) is 4.10. The molecule has 0 spiro atoms. The molecule has 3 heterocycles. The third kappa shape index (κ3) is 3.18. The molecule has 1 aromatic rings. The second-order valence-corrected chi connectivity index (χ2v) is 5.95. The molecule has 3 N–H and O–H groups in total. The quantitative estimate of drug-likeness (QED) is 0.864. The van der Waals surface area contributed by atoms with Crippen molar-refractivity contribution in [2.75, 3.05) is 24.7 Å². The number of hydrogen-bond donors (Lipinski definition) is 2. The van der Waals surface area contributed by atoms with Crippen molar-refractivity contribution in [1.82, 2.24) is 19.9 Å². The average Bonchev–Trinajstić information content (AvgIpc) is 2.39. The van der Waals surface area contributed by atoms with Crippen molar-refractivity contribution in [2.24, 2.45) is 0 Å². The van der Waals surface area contributed by atoms with Gasteiger partial charge in [-0.15, -0.1) is 0 Å². The fourth-order valence-corrected chi connectivity index (χ4v) is 3.55. The Morgan fingerprint density at radius 2 is 1.95 bits per heavy atom. The summed E-state index contributed by atoms with van der Waals surface area (Å²) in [6.07, 6.45) is 6.17. The number of nitrogens with zero attached hydrogens (tertiary/aromatic N) is 4. The van der Waals surface area contributed by atoms with E-state index in [1.807, 2.05) is 6.92 Å². The summed E-state index contributed by atoms with van der Waals surface area (Å²) in [6.45, 7) is 2.41. The average molecular weight is 292 g/mol. The van der Waals surface area contributed by atoms with Crippen LogP contribution in [-0.2, 0) is 0 Å². The zero-order valence-corrected chi connectivity index (χ0v) is 12.7. The SMILES string of the molecule is CCOc1nc(N)nc(NC2CC3CCCC(C2)N3C)n1. The van der Waals surface area contributed by atoms with Gasteiger partial charge in [-0.25, -0.2) is 0 Å². The first-order chi connectivity index (χ1) is 10.2. The first-order valence-electron chi connectivity index (χ1n) is 7.78. The minimum absolute atomic E-state index is 0.198. The summed E-state index contributed by atoms with van der Waals surface area (Å²) in [5.74, 6) is 0.725. The number of nitrogens with one attached hydrogen (secondary N) is 1. The van der Waals surface area contributed by atoms with Crippen LogP contribution < -0.4 is 15.8 Å². The van der Waals surface area contributed by atoms with E-state index in [-0.39, 0.29) is 5.95 Å². The fraction of sp³-hybridized carbons (Fsp3) is 0.786. The summed E-state index contributed by atoms with van der Waals surface area (Å²) in [7, 11) is 2.25. The zero-order chi connectivity index (χ0) is 14.8. The summed E-state index contributed by atoms with van der Waals surface area (Å²) >= 11 is 0. The number of ether oxygens (including phenoxy) is 1. The number of anilines is 2. The highest BCUT2D eigenvalue weighted by Crippen LogP contribution is 2.33. The highest BCUT2D eigenvalue weighted by Gasteiger charge is 2.36. The Morgan fingerprint density at radius 1 is 1.24 bits per heavy atom. The van der Waals surface area contributed by atoms with Crippen LogP contribution in [0.5, 0.6) is 6.01 Å². The Bertz CT molecular complexity index is 482. The first-order valence-corrected chi connectivity index (χ1v) is 7.78. The maximum absolute atomic E-state index is 5.72. The van der Waals surface area contributed by atoms with E-state index in [9.17, 15) is 0 Å². The van der Waals surface area contributed by atoms with Crippen LogP contribution in [0.4, 0.5) is 11.9 Å². The third-order valence-electron chi connectivity index (χ3n) is 4.58. The van der Waals surface area contributed by atoms with Gasteiger partial charge in [0, 0.05) is 18.1 Å². The monoisotopic (exact) mass is 292 g/mol. The van der Waals surface area contributed by atoms with E-state index >= 15 is 0 Å². The first kappa shape index (κ1) is 14.3. The molecule has 2 bridgehead atoms. The lowest BCUT2D eigenvalue weighted by Gasteiger charge is -2.47. The van der Waals surface area contributed by atoms with Gasteiger partial charge >= 0.3 is 6.01 Å². The Balaban J connectivity index is 1.69. The predicted octanol–water partition coefficient (Wildman–Crippen LogP) is 1.28. The van der Waals surface area contributed by atoms with Crippen LogP contribution in [0, 0.1) is 0 Å². The van der Waals surface area contributed by atoms with Crippen molar-refractivity contribution in [3.05, 3.63) is 0 Å². The van der Waals surface area contributed by atoms with E-state index in [0.717, 1.165) is 12.8 Å². The molecule has 1 aromatic heterocycles. The molecule has 2 aliphatic rings. The van der Waals surface area contributed by atoms with Crippen LogP contribution in [-0.4, -0.2) is 51.6 Å². The Morgan fingerprint density at radius 3 is 2.62 bits per heavy atom. The standard InChI is InChI=1S/C14H24N6O/c1-3-21-14-18-12(15)17-13(19-14)16-9-7-10-5-4-6-11(8-9)20(10)2/h9-11H,3-8H2,1-2H3,(H3,15,16,17,18,19). The maximum atomic E-state index is 5.72. The summed E-state index contributed by atoms with van der Waals surface area (Å²) in [5, 5.41) is 3.42. The number of fused-ring (bicyclic) bond motifs is 2. The lowest BCUT2D eigenvalue weighted by molar-refractivity contribution is 0.0607. The van der Waals surface area contributed by atoms with Gasteiger partial charge in [-0.2, -0.15) is 15.0 Å². The van der Waals surface area contributed by atoms with E-state index in [4.69, 9.17) is 10.5 Å². The van der Waals surface area contributed by atoms with Crippen LogP contribution in [0.15, 0.2) is 0 Å². The van der Waals surface area contributed by atoms with E-state index in [0.29, 0.717) is 36.7 Å². The van der Waals surface area contributed by atoms with Crippen molar-refractivity contribution in [3.8, 4) is 6.01 Å². The van der Waals surface area contributed by atoms with Gasteiger partial charge in [0.2, 0.25) is 11.9 Å². The van der Waals surface area contributed by atoms with Crippen molar-refractivity contribution in [3.63, 3.8) is 0 Å².